The van der Waals surface area contributed by atoms with Crippen molar-refractivity contribution in [3.63, 3.8) is 0 Å². The van der Waals surface area contributed by atoms with E-state index in [-0.39, 0.29) is 11.4 Å². The molecule has 0 aliphatic heterocycles. The van der Waals surface area contributed by atoms with Crippen molar-refractivity contribution in [3.05, 3.63) is 51.7 Å². The molecule has 0 saturated carbocycles. The molecule has 0 spiro atoms. The number of thiophene rings is 1. The summed E-state index contributed by atoms with van der Waals surface area (Å²) in [6.07, 6.45) is -0.839. The molecule has 4 nitrogen and oxygen atoms in total. The molecule has 0 fully saturated rings. The molecular formula is C13H14ClNO3S2. The summed E-state index contributed by atoms with van der Waals surface area (Å²) >= 11 is 7.20. The summed E-state index contributed by atoms with van der Waals surface area (Å²) < 4.78 is 25.8. The summed E-state index contributed by atoms with van der Waals surface area (Å²) in [7, 11) is -2.22. The van der Waals surface area contributed by atoms with Crippen LogP contribution in [0.5, 0.6) is 0 Å². The number of nitrogens with zero attached hydrogens (tertiary/aromatic N) is 1. The van der Waals surface area contributed by atoms with E-state index in [4.69, 9.17) is 11.6 Å². The van der Waals surface area contributed by atoms with Crippen molar-refractivity contribution >= 4 is 33.0 Å². The number of benzene rings is 1. The fraction of sp³-hybridized carbons (Fsp3) is 0.231. The van der Waals surface area contributed by atoms with Crippen LogP contribution in [-0.4, -0.2) is 31.4 Å². The quantitative estimate of drug-likeness (QED) is 0.916. The van der Waals surface area contributed by atoms with Gasteiger partial charge in [-0.1, -0.05) is 23.7 Å². The summed E-state index contributed by atoms with van der Waals surface area (Å²) in [4.78, 5) is 0.851. The Labute approximate surface area is 127 Å². The van der Waals surface area contributed by atoms with Crippen LogP contribution in [0.15, 0.2) is 46.7 Å². The van der Waals surface area contributed by atoms with Gasteiger partial charge in [-0.25, -0.2) is 8.42 Å². The molecule has 0 aliphatic rings. The van der Waals surface area contributed by atoms with E-state index in [1.54, 1.807) is 18.2 Å². The highest BCUT2D eigenvalue weighted by Crippen LogP contribution is 2.23. The first-order chi connectivity index (χ1) is 9.41. The van der Waals surface area contributed by atoms with Crippen molar-refractivity contribution in [1.29, 1.82) is 0 Å². The molecule has 0 amide bonds. The van der Waals surface area contributed by atoms with Gasteiger partial charge < -0.3 is 5.11 Å². The number of likely N-dealkylation sites (N-methyl/N-ethyl adjacent to an activating group) is 1. The molecule has 0 aliphatic carbocycles. The molecule has 2 rings (SSSR count). The minimum absolute atomic E-state index is 0.00460. The largest absolute Gasteiger partial charge is 0.386 e. The number of sulfonamides is 1. The molecular weight excluding hydrogens is 318 g/mol. The average molecular weight is 332 g/mol. The van der Waals surface area contributed by atoms with Gasteiger partial charge in [0, 0.05) is 23.5 Å². The lowest BCUT2D eigenvalue weighted by atomic mass is 10.3. The van der Waals surface area contributed by atoms with E-state index in [0.29, 0.717) is 5.02 Å². The summed E-state index contributed by atoms with van der Waals surface area (Å²) in [5.41, 5.74) is 0. The van der Waals surface area contributed by atoms with Gasteiger partial charge in [0.15, 0.2) is 0 Å². The van der Waals surface area contributed by atoms with E-state index in [2.05, 4.69) is 0 Å². The second-order valence-electron chi connectivity index (χ2n) is 4.27. The summed E-state index contributed by atoms with van der Waals surface area (Å²) in [5, 5.41) is 12.2. The Kier molecular flexibility index (Phi) is 4.82. The van der Waals surface area contributed by atoms with Crippen molar-refractivity contribution in [1.82, 2.24) is 4.31 Å². The molecule has 1 N–H and O–H groups in total. The van der Waals surface area contributed by atoms with E-state index in [1.807, 2.05) is 11.4 Å². The Morgan fingerprint density at radius 3 is 2.70 bits per heavy atom. The fourth-order valence-corrected chi connectivity index (χ4v) is 3.90. The van der Waals surface area contributed by atoms with E-state index >= 15 is 0 Å². The van der Waals surface area contributed by atoms with Crippen molar-refractivity contribution < 1.29 is 13.5 Å². The van der Waals surface area contributed by atoms with Crippen LogP contribution in [0.2, 0.25) is 5.02 Å². The third-order valence-electron chi connectivity index (χ3n) is 2.81. The van der Waals surface area contributed by atoms with Gasteiger partial charge in [-0.3, -0.25) is 0 Å². The van der Waals surface area contributed by atoms with Gasteiger partial charge in [-0.05, 0) is 29.6 Å². The molecule has 1 heterocycles. The maximum atomic E-state index is 12.3. The molecule has 1 atom stereocenters. The van der Waals surface area contributed by atoms with Gasteiger partial charge in [0.2, 0.25) is 10.0 Å². The number of halogens is 1. The van der Waals surface area contributed by atoms with Gasteiger partial charge in [0.05, 0.1) is 4.90 Å². The molecule has 0 bridgehead atoms. The van der Waals surface area contributed by atoms with Crippen LogP contribution in [0.4, 0.5) is 0 Å². The van der Waals surface area contributed by atoms with Crippen molar-refractivity contribution in [2.24, 2.45) is 0 Å². The third kappa shape index (κ3) is 3.39. The number of hydrogen-bond acceptors (Lipinski definition) is 4. The fourth-order valence-electron chi connectivity index (χ4n) is 1.72. The van der Waals surface area contributed by atoms with Crippen LogP contribution < -0.4 is 0 Å². The predicted octanol–water partition coefficient (Wildman–Crippen LogP) is 2.76. The minimum atomic E-state index is -3.65. The van der Waals surface area contributed by atoms with Crippen molar-refractivity contribution in [2.45, 2.75) is 11.0 Å². The van der Waals surface area contributed by atoms with Crippen molar-refractivity contribution in [3.8, 4) is 0 Å². The molecule has 1 unspecified atom stereocenters. The van der Waals surface area contributed by atoms with Crippen LogP contribution in [0, 0.1) is 0 Å². The zero-order valence-corrected chi connectivity index (χ0v) is 13.1. The van der Waals surface area contributed by atoms with Gasteiger partial charge in [-0.2, -0.15) is 4.31 Å². The minimum Gasteiger partial charge on any atom is -0.386 e. The lowest BCUT2D eigenvalue weighted by molar-refractivity contribution is 0.158. The Morgan fingerprint density at radius 1 is 1.35 bits per heavy atom. The van der Waals surface area contributed by atoms with Crippen LogP contribution in [0.25, 0.3) is 0 Å². The zero-order chi connectivity index (χ0) is 14.8. The van der Waals surface area contributed by atoms with Gasteiger partial charge in [0.1, 0.15) is 6.10 Å². The number of hydrogen-bond donors (Lipinski definition) is 1. The van der Waals surface area contributed by atoms with E-state index in [0.717, 1.165) is 9.18 Å². The smallest absolute Gasteiger partial charge is 0.242 e. The molecule has 108 valence electrons. The predicted molar refractivity (Wildman–Crippen MR) is 80.5 cm³/mol. The maximum absolute atomic E-state index is 12.3. The van der Waals surface area contributed by atoms with Crippen molar-refractivity contribution in [2.75, 3.05) is 13.6 Å². The molecule has 0 radical (unpaired) electrons. The lowest BCUT2D eigenvalue weighted by Crippen LogP contribution is -2.31. The number of rotatable bonds is 5. The Balaban J connectivity index is 2.17. The topological polar surface area (TPSA) is 57.6 Å². The maximum Gasteiger partial charge on any atom is 0.242 e. The first kappa shape index (κ1) is 15.5. The SMILES string of the molecule is CN(CC(O)c1cccs1)S(=O)(=O)c1cccc(Cl)c1. The van der Waals surface area contributed by atoms with E-state index < -0.39 is 16.1 Å². The highest BCUT2D eigenvalue weighted by atomic mass is 35.5. The second kappa shape index (κ2) is 6.24. The molecule has 1 aromatic heterocycles. The second-order valence-corrected chi connectivity index (χ2v) is 7.73. The van der Waals surface area contributed by atoms with Crippen LogP contribution >= 0.6 is 22.9 Å². The van der Waals surface area contributed by atoms with Gasteiger partial charge in [0.25, 0.3) is 0 Å². The van der Waals surface area contributed by atoms with Crippen LogP contribution in [-0.2, 0) is 10.0 Å². The lowest BCUT2D eigenvalue weighted by Gasteiger charge is -2.20. The summed E-state index contributed by atoms with van der Waals surface area (Å²) in [5.74, 6) is 0. The molecule has 1 aromatic carbocycles. The number of aliphatic hydroxyl groups excluding tert-OH is 1. The zero-order valence-electron chi connectivity index (χ0n) is 10.7. The van der Waals surface area contributed by atoms with Crippen LogP contribution in [0.3, 0.4) is 0 Å². The normalized spacial score (nSPS) is 13.6. The molecule has 20 heavy (non-hydrogen) atoms. The Hall–Kier alpha value is -0.920. The first-order valence-electron chi connectivity index (χ1n) is 5.84. The molecule has 0 saturated heterocycles. The number of aliphatic hydroxyl groups is 1. The monoisotopic (exact) mass is 331 g/mol. The third-order valence-corrected chi connectivity index (χ3v) is 5.83. The van der Waals surface area contributed by atoms with Gasteiger partial charge in [-0.15, -0.1) is 11.3 Å². The van der Waals surface area contributed by atoms with Crippen LogP contribution in [0.1, 0.15) is 11.0 Å². The van der Waals surface area contributed by atoms with E-state index in [1.165, 1.54) is 30.5 Å². The first-order valence-corrected chi connectivity index (χ1v) is 8.54. The summed E-state index contributed by atoms with van der Waals surface area (Å²) in [6.45, 7) is -0.00460. The standard InChI is InChI=1S/C13H14ClNO3S2/c1-15(9-12(16)13-6-3-7-19-13)20(17,18)11-5-2-4-10(14)8-11/h2-8,12,16H,9H2,1H3. The molecule has 7 heteroatoms. The average Bonchev–Trinajstić information content (AvgIpc) is 2.92. The van der Waals surface area contributed by atoms with E-state index in [9.17, 15) is 13.5 Å². The molecule has 2 aromatic rings. The Bertz CT molecular complexity index is 671. The highest BCUT2D eigenvalue weighted by molar-refractivity contribution is 7.89. The highest BCUT2D eigenvalue weighted by Gasteiger charge is 2.24. The summed E-state index contributed by atoms with van der Waals surface area (Å²) in [6, 6.07) is 9.66. The Morgan fingerprint density at radius 2 is 2.10 bits per heavy atom. The van der Waals surface area contributed by atoms with Gasteiger partial charge >= 0.3 is 0 Å².